The lowest BCUT2D eigenvalue weighted by molar-refractivity contribution is 0.601. The summed E-state index contributed by atoms with van der Waals surface area (Å²) in [4.78, 5) is 0.0463. The fraction of sp³-hybridized carbons (Fsp3) is 0.0769. The number of hydrogen-bond donors (Lipinski definition) is 2. The van der Waals surface area contributed by atoms with E-state index in [1.54, 1.807) is 18.2 Å². The van der Waals surface area contributed by atoms with Gasteiger partial charge >= 0.3 is 0 Å². The SMILES string of the molecule is NCc1cccc(NS(=O)(=O)c2ccc(Cl)c(Cl)c2)c1. The molecule has 0 bridgehead atoms. The summed E-state index contributed by atoms with van der Waals surface area (Å²) in [6.45, 7) is 0.336. The molecule has 0 aromatic heterocycles. The van der Waals surface area contributed by atoms with Crippen LogP contribution in [-0.2, 0) is 16.6 Å². The number of nitrogens with two attached hydrogens (primary N) is 1. The highest BCUT2D eigenvalue weighted by atomic mass is 35.5. The van der Waals surface area contributed by atoms with Crippen LogP contribution in [0.5, 0.6) is 0 Å². The van der Waals surface area contributed by atoms with Gasteiger partial charge in [0.05, 0.1) is 14.9 Å². The molecule has 2 aromatic carbocycles. The van der Waals surface area contributed by atoms with Crippen LogP contribution in [-0.4, -0.2) is 8.42 Å². The van der Waals surface area contributed by atoms with E-state index in [4.69, 9.17) is 28.9 Å². The highest BCUT2D eigenvalue weighted by molar-refractivity contribution is 7.92. The Kier molecular flexibility index (Phi) is 4.55. The molecule has 2 rings (SSSR count). The second kappa shape index (κ2) is 6.01. The third-order valence-electron chi connectivity index (χ3n) is 2.62. The van der Waals surface area contributed by atoms with Crippen LogP contribution in [0.3, 0.4) is 0 Å². The fourth-order valence-electron chi connectivity index (χ4n) is 1.62. The number of anilines is 1. The Bertz CT molecular complexity index is 733. The first-order valence-corrected chi connectivity index (χ1v) is 7.93. The number of nitrogens with one attached hydrogen (secondary N) is 1. The van der Waals surface area contributed by atoms with Crippen molar-refractivity contribution in [1.82, 2.24) is 0 Å². The molecule has 2 aromatic rings. The Hall–Kier alpha value is -1.27. The van der Waals surface area contributed by atoms with Crippen molar-refractivity contribution in [3.8, 4) is 0 Å². The van der Waals surface area contributed by atoms with E-state index in [0.29, 0.717) is 17.3 Å². The van der Waals surface area contributed by atoms with Gasteiger partial charge in [-0.3, -0.25) is 4.72 Å². The average Bonchev–Trinajstić information content (AvgIpc) is 2.41. The Morgan fingerprint density at radius 2 is 1.80 bits per heavy atom. The van der Waals surface area contributed by atoms with Crippen LogP contribution in [0.4, 0.5) is 5.69 Å². The van der Waals surface area contributed by atoms with Crippen LogP contribution < -0.4 is 10.5 Å². The molecule has 3 N–H and O–H groups in total. The molecule has 20 heavy (non-hydrogen) atoms. The third-order valence-corrected chi connectivity index (χ3v) is 4.73. The molecule has 0 fully saturated rings. The summed E-state index contributed by atoms with van der Waals surface area (Å²) in [6.07, 6.45) is 0. The Morgan fingerprint density at radius 1 is 1.05 bits per heavy atom. The molecular formula is C13H12Cl2N2O2S. The minimum Gasteiger partial charge on any atom is -0.326 e. The van der Waals surface area contributed by atoms with Crippen molar-refractivity contribution in [2.45, 2.75) is 11.4 Å². The van der Waals surface area contributed by atoms with Crippen LogP contribution in [0.2, 0.25) is 10.0 Å². The van der Waals surface area contributed by atoms with Crippen molar-refractivity contribution < 1.29 is 8.42 Å². The zero-order valence-corrected chi connectivity index (χ0v) is 12.6. The molecule has 0 atom stereocenters. The molecule has 4 nitrogen and oxygen atoms in total. The maximum atomic E-state index is 12.2. The van der Waals surface area contributed by atoms with Crippen molar-refractivity contribution in [1.29, 1.82) is 0 Å². The minimum absolute atomic E-state index is 0.0463. The summed E-state index contributed by atoms with van der Waals surface area (Å²) in [5.41, 5.74) is 6.80. The van der Waals surface area contributed by atoms with E-state index in [9.17, 15) is 8.42 Å². The number of halogens is 2. The maximum Gasteiger partial charge on any atom is 0.261 e. The van der Waals surface area contributed by atoms with E-state index in [-0.39, 0.29) is 9.92 Å². The van der Waals surface area contributed by atoms with Gasteiger partial charge in [-0.25, -0.2) is 8.42 Å². The molecule has 7 heteroatoms. The Balaban J connectivity index is 2.32. The topological polar surface area (TPSA) is 72.2 Å². The van der Waals surface area contributed by atoms with Crippen molar-refractivity contribution >= 4 is 38.9 Å². The summed E-state index contributed by atoms with van der Waals surface area (Å²) in [7, 11) is -3.71. The number of benzene rings is 2. The molecule has 0 unspecified atom stereocenters. The summed E-state index contributed by atoms with van der Waals surface area (Å²) in [5.74, 6) is 0. The number of hydrogen-bond acceptors (Lipinski definition) is 3. The predicted octanol–water partition coefficient (Wildman–Crippen LogP) is 3.25. The molecule has 0 aliphatic carbocycles. The van der Waals surface area contributed by atoms with Gasteiger partial charge in [0.2, 0.25) is 0 Å². The standard InChI is InChI=1S/C13H12Cl2N2O2S/c14-12-5-4-11(7-13(12)15)20(18,19)17-10-3-1-2-9(6-10)8-16/h1-7,17H,8,16H2. The van der Waals surface area contributed by atoms with Gasteiger partial charge in [0, 0.05) is 12.2 Å². The van der Waals surface area contributed by atoms with Crippen molar-refractivity contribution in [2.24, 2.45) is 5.73 Å². The maximum absolute atomic E-state index is 12.2. The first kappa shape index (κ1) is 15.1. The highest BCUT2D eigenvalue weighted by Gasteiger charge is 2.15. The molecule has 0 heterocycles. The summed E-state index contributed by atoms with van der Waals surface area (Å²) < 4.78 is 26.9. The minimum atomic E-state index is -3.71. The molecule has 0 aliphatic heterocycles. The van der Waals surface area contributed by atoms with E-state index in [2.05, 4.69) is 4.72 Å². The van der Waals surface area contributed by atoms with Gasteiger partial charge in [-0.05, 0) is 35.9 Å². The third kappa shape index (κ3) is 3.43. The van der Waals surface area contributed by atoms with Crippen LogP contribution in [0.25, 0.3) is 0 Å². The molecule has 0 saturated heterocycles. The first-order valence-electron chi connectivity index (χ1n) is 5.69. The van der Waals surface area contributed by atoms with Gasteiger partial charge in [0.1, 0.15) is 0 Å². The summed E-state index contributed by atoms with van der Waals surface area (Å²) >= 11 is 11.6. The summed E-state index contributed by atoms with van der Waals surface area (Å²) in [6, 6.07) is 11.0. The molecule has 0 amide bonds. The van der Waals surface area contributed by atoms with Gasteiger partial charge in [0.25, 0.3) is 10.0 Å². The fourth-order valence-corrected chi connectivity index (χ4v) is 3.06. The Labute approximate surface area is 127 Å². The van der Waals surface area contributed by atoms with Gasteiger partial charge in [-0.2, -0.15) is 0 Å². The lowest BCUT2D eigenvalue weighted by Crippen LogP contribution is -2.13. The largest absolute Gasteiger partial charge is 0.326 e. The lowest BCUT2D eigenvalue weighted by Gasteiger charge is -2.09. The Morgan fingerprint density at radius 3 is 2.45 bits per heavy atom. The molecular weight excluding hydrogens is 319 g/mol. The lowest BCUT2D eigenvalue weighted by atomic mass is 10.2. The van der Waals surface area contributed by atoms with E-state index in [0.717, 1.165) is 5.56 Å². The van der Waals surface area contributed by atoms with E-state index in [1.165, 1.54) is 18.2 Å². The van der Waals surface area contributed by atoms with E-state index in [1.807, 2.05) is 6.07 Å². The van der Waals surface area contributed by atoms with Crippen LogP contribution >= 0.6 is 23.2 Å². The molecule has 0 saturated carbocycles. The zero-order chi connectivity index (χ0) is 14.8. The quantitative estimate of drug-likeness (QED) is 0.903. The van der Waals surface area contributed by atoms with Gasteiger partial charge < -0.3 is 5.73 Å². The van der Waals surface area contributed by atoms with Crippen LogP contribution in [0, 0.1) is 0 Å². The predicted molar refractivity (Wildman–Crippen MR) is 81.6 cm³/mol. The summed E-state index contributed by atoms with van der Waals surface area (Å²) in [5, 5.41) is 0.487. The van der Waals surface area contributed by atoms with E-state index < -0.39 is 10.0 Å². The van der Waals surface area contributed by atoms with Gasteiger partial charge in [-0.15, -0.1) is 0 Å². The van der Waals surface area contributed by atoms with Gasteiger partial charge in [0.15, 0.2) is 0 Å². The van der Waals surface area contributed by atoms with Crippen LogP contribution in [0.15, 0.2) is 47.4 Å². The van der Waals surface area contributed by atoms with Crippen molar-refractivity contribution in [2.75, 3.05) is 4.72 Å². The number of sulfonamides is 1. The van der Waals surface area contributed by atoms with Crippen molar-refractivity contribution in [3.63, 3.8) is 0 Å². The molecule has 0 aliphatic rings. The first-order chi connectivity index (χ1) is 9.42. The average molecular weight is 331 g/mol. The smallest absolute Gasteiger partial charge is 0.261 e. The molecule has 0 spiro atoms. The normalized spacial score (nSPS) is 11.3. The molecule has 0 radical (unpaired) electrons. The van der Waals surface area contributed by atoms with E-state index >= 15 is 0 Å². The second-order valence-corrected chi connectivity index (χ2v) is 6.58. The van der Waals surface area contributed by atoms with Crippen molar-refractivity contribution in [3.05, 3.63) is 58.1 Å². The second-order valence-electron chi connectivity index (χ2n) is 4.09. The monoisotopic (exact) mass is 330 g/mol. The van der Waals surface area contributed by atoms with Crippen LogP contribution in [0.1, 0.15) is 5.56 Å². The highest BCUT2D eigenvalue weighted by Crippen LogP contribution is 2.26. The zero-order valence-electron chi connectivity index (χ0n) is 10.3. The number of rotatable bonds is 4. The van der Waals surface area contributed by atoms with Gasteiger partial charge in [-0.1, -0.05) is 35.3 Å². The molecule has 106 valence electrons.